The number of hydrogen-bond donors (Lipinski definition) is 0. The van der Waals surface area contributed by atoms with Crippen molar-refractivity contribution in [3.05, 3.63) is 64.1 Å². The van der Waals surface area contributed by atoms with Gasteiger partial charge < -0.3 is 4.74 Å². The fraction of sp³-hybridized carbons (Fsp3) is 0.333. The Morgan fingerprint density at radius 2 is 1.59 bits per heavy atom. The molecule has 3 rings (SSSR count). The molecule has 154 valence electrons. The van der Waals surface area contributed by atoms with Crippen molar-refractivity contribution in [3.63, 3.8) is 0 Å². The molecule has 0 radical (unpaired) electrons. The first kappa shape index (κ1) is 21.7. The zero-order valence-corrected chi connectivity index (χ0v) is 18.2. The monoisotopic (exact) mass is 479 g/mol. The largest absolute Gasteiger partial charge is 0.454 e. The molecule has 1 fully saturated rings. The quantitative estimate of drug-likeness (QED) is 0.460. The summed E-state index contributed by atoms with van der Waals surface area (Å²) in [5.41, 5.74) is 0.531. The molecular weight excluding hydrogens is 458 g/mol. The molecule has 0 amide bonds. The highest BCUT2D eigenvalue weighted by molar-refractivity contribution is 9.10. The van der Waals surface area contributed by atoms with Gasteiger partial charge in [0.2, 0.25) is 10.0 Å². The predicted octanol–water partition coefficient (Wildman–Crippen LogP) is 4.05. The third kappa shape index (κ3) is 5.52. The Kier molecular flexibility index (Phi) is 7.21. The smallest absolute Gasteiger partial charge is 0.338 e. The molecule has 0 N–H and O–H groups in total. The maximum atomic E-state index is 12.9. The minimum Gasteiger partial charge on any atom is -0.454 e. The summed E-state index contributed by atoms with van der Waals surface area (Å²) in [7, 11) is -3.67. The number of esters is 1. The van der Waals surface area contributed by atoms with E-state index >= 15 is 0 Å². The second kappa shape index (κ2) is 9.65. The summed E-state index contributed by atoms with van der Waals surface area (Å²) in [6.45, 7) is 0.557. The summed E-state index contributed by atoms with van der Waals surface area (Å²) in [6, 6.07) is 12.5. The number of ketones is 1. The number of hydrogen-bond acceptors (Lipinski definition) is 5. The van der Waals surface area contributed by atoms with E-state index in [0.717, 1.165) is 30.2 Å². The number of halogens is 1. The first-order valence-electron chi connectivity index (χ1n) is 9.44. The van der Waals surface area contributed by atoms with Crippen LogP contribution in [0, 0.1) is 0 Å². The van der Waals surface area contributed by atoms with Crippen LogP contribution in [0.3, 0.4) is 0 Å². The van der Waals surface area contributed by atoms with Crippen LogP contribution in [0.1, 0.15) is 46.4 Å². The van der Waals surface area contributed by atoms with Crippen molar-refractivity contribution >= 4 is 37.7 Å². The maximum absolute atomic E-state index is 12.9. The lowest BCUT2D eigenvalue weighted by Gasteiger charge is -2.20. The molecule has 2 aromatic rings. The third-order valence-electron chi connectivity index (χ3n) is 4.77. The van der Waals surface area contributed by atoms with E-state index in [9.17, 15) is 18.0 Å². The lowest BCUT2D eigenvalue weighted by atomic mass is 10.1. The molecule has 0 unspecified atom stereocenters. The minimum absolute atomic E-state index is 0.0630. The Morgan fingerprint density at radius 1 is 0.931 bits per heavy atom. The van der Waals surface area contributed by atoms with Crippen molar-refractivity contribution in [1.82, 2.24) is 4.31 Å². The van der Waals surface area contributed by atoms with E-state index in [4.69, 9.17) is 4.74 Å². The second-order valence-corrected chi connectivity index (χ2v) is 9.71. The Bertz CT molecular complexity index is 980. The van der Waals surface area contributed by atoms with Crippen LogP contribution in [0.4, 0.5) is 0 Å². The van der Waals surface area contributed by atoms with E-state index in [-0.39, 0.29) is 16.2 Å². The van der Waals surface area contributed by atoms with Crippen molar-refractivity contribution in [2.45, 2.75) is 30.6 Å². The molecule has 0 atom stereocenters. The first-order chi connectivity index (χ1) is 13.9. The number of rotatable bonds is 6. The summed E-state index contributed by atoms with van der Waals surface area (Å²) in [5.74, 6) is -1.07. The number of carbonyl (C=O) groups excluding carboxylic acids is 2. The van der Waals surface area contributed by atoms with Crippen LogP contribution in [0.5, 0.6) is 0 Å². The van der Waals surface area contributed by atoms with Gasteiger partial charge in [0, 0.05) is 23.1 Å². The summed E-state index contributed by atoms with van der Waals surface area (Å²) in [6.07, 6.45) is 3.70. The number of benzene rings is 2. The van der Waals surface area contributed by atoms with Crippen molar-refractivity contribution in [2.75, 3.05) is 19.7 Å². The van der Waals surface area contributed by atoms with Gasteiger partial charge in [-0.1, -0.05) is 47.0 Å². The fourth-order valence-corrected chi connectivity index (χ4v) is 4.98. The molecule has 29 heavy (non-hydrogen) atoms. The van der Waals surface area contributed by atoms with Gasteiger partial charge in [-0.15, -0.1) is 0 Å². The third-order valence-corrected chi connectivity index (χ3v) is 7.20. The van der Waals surface area contributed by atoms with E-state index < -0.39 is 22.6 Å². The van der Waals surface area contributed by atoms with Gasteiger partial charge in [-0.3, -0.25) is 4.79 Å². The summed E-state index contributed by atoms with van der Waals surface area (Å²) in [4.78, 5) is 24.6. The predicted molar refractivity (Wildman–Crippen MR) is 112 cm³/mol. The van der Waals surface area contributed by atoms with Crippen LogP contribution >= 0.6 is 15.9 Å². The molecule has 0 saturated carbocycles. The second-order valence-electron chi connectivity index (χ2n) is 6.85. The average Bonchev–Trinajstić information content (AvgIpc) is 3.02. The molecule has 1 aliphatic rings. The lowest BCUT2D eigenvalue weighted by molar-refractivity contribution is 0.0474. The zero-order valence-electron chi connectivity index (χ0n) is 15.8. The van der Waals surface area contributed by atoms with Crippen LogP contribution in [0.25, 0.3) is 0 Å². The summed E-state index contributed by atoms with van der Waals surface area (Å²) >= 11 is 3.29. The van der Waals surface area contributed by atoms with E-state index in [1.807, 2.05) is 0 Å². The van der Waals surface area contributed by atoms with Crippen molar-refractivity contribution in [2.24, 2.45) is 0 Å². The van der Waals surface area contributed by atoms with Crippen molar-refractivity contribution in [3.8, 4) is 0 Å². The lowest BCUT2D eigenvalue weighted by Crippen LogP contribution is -2.32. The van der Waals surface area contributed by atoms with Crippen LogP contribution in [0.15, 0.2) is 57.9 Å². The highest BCUT2D eigenvalue weighted by Crippen LogP contribution is 2.21. The maximum Gasteiger partial charge on any atom is 0.338 e. The van der Waals surface area contributed by atoms with Gasteiger partial charge in [0.1, 0.15) is 0 Å². The Balaban J connectivity index is 1.69. The molecule has 1 saturated heterocycles. The van der Waals surface area contributed by atoms with Gasteiger partial charge in [0.15, 0.2) is 12.4 Å². The number of nitrogens with zero attached hydrogens (tertiary/aromatic N) is 1. The molecule has 2 aromatic carbocycles. The van der Waals surface area contributed by atoms with Crippen LogP contribution in [0.2, 0.25) is 0 Å². The molecule has 0 spiro atoms. The highest BCUT2D eigenvalue weighted by Gasteiger charge is 2.26. The Hall–Kier alpha value is -2.03. The SMILES string of the molecule is O=C(COC(=O)c1cccc(S(=O)(=O)N2CCCCCC2)c1)c1ccc(Br)cc1. The number of sulfonamides is 1. The van der Waals surface area contributed by atoms with Crippen LogP contribution in [-0.2, 0) is 14.8 Å². The molecule has 6 nitrogen and oxygen atoms in total. The van der Waals surface area contributed by atoms with Crippen LogP contribution < -0.4 is 0 Å². The standard InChI is InChI=1S/C21H22BrNO5S/c22-18-10-8-16(9-11-18)20(24)15-28-21(25)17-6-5-7-19(14-17)29(26,27)23-12-3-1-2-4-13-23/h5-11,14H,1-4,12-13,15H2. The number of ether oxygens (including phenoxy) is 1. The van der Waals surface area contributed by atoms with E-state index in [1.165, 1.54) is 28.6 Å². The van der Waals surface area contributed by atoms with Gasteiger partial charge in [-0.05, 0) is 43.2 Å². The number of Topliss-reactive ketones (excluding diaryl/α,β-unsaturated/α-hetero) is 1. The topological polar surface area (TPSA) is 80.8 Å². The molecule has 0 bridgehead atoms. The van der Waals surface area contributed by atoms with Crippen molar-refractivity contribution in [1.29, 1.82) is 0 Å². The highest BCUT2D eigenvalue weighted by atomic mass is 79.9. The first-order valence-corrected chi connectivity index (χ1v) is 11.7. The normalized spacial score (nSPS) is 15.5. The average molecular weight is 480 g/mol. The molecule has 1 heterocycles. The Morgan fingerprint density at radius 3 is 2.24 bits per heavy atom. The van der Waals surface area contributed by atoms with E-state index in [1.54, 1.807) is 24.3 Å². The van der Waals surface area contributed by atoms with Gasteiger partial charge in [0.05, 0.1) is 10.5 Å². The van der Waals surface area contributed by atoms with Gasteiger partial charge in [0.25, 0.3) is 0 Å². The summed E-state index contributed by atoms with van der Waals surface area (Å²) < 4.78 is 33.2. The molecule has 1 aliphatic heterocycles. The number of carbonyl (C=O) groups is 2. The molecule has 0 aliphatic carbocycles. The minimum atomic E-state index is -3.67. The Labute approximate surface area is 179 Å². The van der Waals surface area contributed by atoms with Gasteiger partial charge >= 0.3 is 5.97 Å². The molecule has 8 heteroatoms. The molecule has 0 aromatic heterocycles. The van der Waals surface area contributed by atoms with Gasteiger partial charge in [-0.25, -0.2) is 13.2 Å². The fourth-order valence-electron chi connectivity index (χ4n) is 3.15. The van der Waals surface area contributed by atoms with Crippen molar-refractivity contribution < 1.29 is 22.7 Å². The summed E-state index contributed by atoms with van der Waals surface area (Å²) in [5, 5.41) is 0. The van der Waals surface area contributed by atoms with Crippen LogP contribution in [-0.4, -0.2) is 44.2 Å². The zero-order chi connectivity index (χ0) is 20.9. The van der Waals surface area contributed by atoms with E-state index in [0.29, 0.717) is 18.7 Å². The van der Waals surface area contributed by atoms with E-state index in [2.05, 4.69) is 15.9 Å². The molecular formula is C21H22BrNO5S. The van der Waals surface area contributed by atoms with Gasteiger partial charge in [-0.2, -0.15) is 4.31 Å².